The van der Waals surface area contributed by atoms with E-state index in [0.29, 0.717) is 5.92 Å². The minimum atomic E-state index is 0.0182. The zero-order chi connectivity index (χ0) is 13.3. The summed E-state index contributed by atoms with van der Waals surface area (Å²) < 4.78 is 13.2. The quantitative estimate of drug-likeness (QED) is 0.898. The third kappa shape index (κ3) is 2.42. The van der Waals surface area contributed by atoms with Crippen LogP contribution >= 0.6 is 0 Å². The van der Waals surface area contributed by atoms with Crippen LogP contribution in [0.4, 0.5) is 0 Å². The van der Waals surface area contributed by atoms with Crippen LogP contribution in [0, 0.1) is 5.92 Å². The lowest BCUT2D eigenvalue weighted by molar-refractivity contribution is 0.0275. The van der Waals surface area contributed by atoms with E-state index in [9.17, 15) is 0 Å². The van der Waals surface area contributed by atoms with E-state index in [0.717, 1.165) is 51.4 Å². The van der Waals surface area contributed by atoms with Crippen LogP contribution in [0.15, 0.2) is 12.5 Å². The molecule has 2 saturated heterocycles. The Bertz CT molecular complexity index is 420. The first-order chi connectivity index (χ1) is 9.21. The Morgan fingerprint density at radius 3 is 2.84 bits per heavy atom. The van der Waals surface area contributed by atoms with E-state index in [1.165, 1.54) is 0 Å². The molecule has 0 aliphatic carbocycles. The normalized spacial score (nSPS) is 28.4. The van der Waals surface area contributed by atoms with Gasteiger partial charge in [0.15, 0.2) is 0 Å². The van der Waals surface area contributed by atoms with Crippen LogP contribution in [-0.4, -0.2) is 36.0 Å². The Labute approximate surface area is 114 Å². The molecule has 1 aromatic rings. The van der Waals surface area contributed by atoms with Crippen LogP contribution in [0.3, 0.4) is 0 Å². The second kappa shape index (κ2) is 5.23. The summed E-state index contributed by atoms with van der Waals surface area (Å²) in [6, 6.07) is 0.0182. The molecule has 2 atom stereocenters. The Balaban J connectivity index is 1.84. The maximum atomic E-state index is 6.44. The van der Waals surface area contributed by atoms with Gasteiger partial charge in [-0.1, -0.05) is 0 Å². The summed E-state index contributed by atoms with van der Waals surface area (Å²) in [7, 11) is 0. The van der Waals surface area contributed by atoms with Gasteiger partial charge in [-0.2, -0.15) is 0 Å². The third-order valence-electron chi connectivity index (χ3n) is 4.63. The average molecular weight is 265 g/mol. The number of hydrogen-bond donors (Lipinski definition) is 1. The van der Waals surface area contributed by atoms with E-state index in [4.69, 9.17) is 15.2 Å². The van der Waals surface area contributed by atoms with E-state index in [2.05, 4.69) is 16.5 Å². The molecule has 0 saturated carbocycles. The average Bonchev–Trinajstić information content (AvgIpc) is 3.10. The lowest BCUT2D eigenvalue weighted by Crippen LogP contribution is -2.39. The highest BCUT2D eigenvalue weighted by Crippen LogP contribution is 2.34. The molecule has 5 nitrogen and oxygen atoms in total. The zero-order valence-electron chi connectivity index (χ0n) is 11.5. The van der Waals surface area contributed by atoms with Crippen LogP contribution in [0.1, 0.15) is 37.9 Å². The van der Waals surface area contributed by atoms with Gasteiger partial charge >= 0.3 is 0 Å². The zero-order valence-corrected chi connectivity index (χ0v) is 11.5. The summed E-state index contributed by atoms with van der Waals surface area (Å²) in [5, 5.41) is 0. The highest BCUT2D eigenvalue weighted by Gasteiger charge is 2.34. The van der Waals surface area contributed by atoms with Crippen molar-refractivity contribution in [3.8, 4) is 0 Å². The van der Waals surface area contributed by atoms with E-state index in [1.54, 1.807) is 0 Å². The van der Waals surface area contributed by atoms with Crippen LogP contribution in [0.25, 0.3) is 0 Å². The highest BCUT2D eigenvalue weighted by molar-refractivity contribution is 5.11. The molecule has 0 spiro atoms. The Hall–Kier alpha value is -0.910. The van der Waals surface area contributed by atoms with Gasteiger partial charge in [0.05, 0.1) is 24.7 Å². The van der Waals surface area contributed by atoms with Gasteiger partial charge in [0.2, 0.25) is 0 Å². The molecule has 2 N–H and O–H groups in total. The third-order valence-corrected chi connectivity index (χ3v) is 4.63. The molecule has 0 radical (unpaired) electrons. The number of nitrogens with two attached hydrogens (primary N) is 1. The van der Waals surface area contributed by atoms with Crippen LogP contribution in [0.5, 0.6) is 0 Å². The molecule has 2 aliphatic rings. The van der Waals surface area contributed by atoms with Crippen molar-refractivity contribution in [2.45, 2.75) is 37.8 Å². The molecule has 0 aromatic carbocycles. The van der Waals surface area contributed by atoms with Crippen molar-refractivity contribution in [2.75, 3.05) is 26.4 Å². The van der Waals surface area contributed by atoms with Gasteiger partial charge in [0.25, 0.3) is 0 Å². The second-order valence-corrected chi connectivity index (χ2v) is 5.95. The summed E-state index contributed by atoms with van der Waals surface area (Å²) in [5.41, 5.74) is 7.66. The van der Waals surface area contributed by atoms with Crippen LogP contribution in [0.2, 0.25) is 0 Å². The number of aromatic nitrogens is 2. The molecule has 5 heteroatoms. The SMILES string of the molecule is CC1(n2cncc2C(N)C2CCOC2)CCOCC1. The van der Waals surface area contributed by atoms with Crippen molar-refractivity contribution in [2.24, 2.45) is 11.7 Å². The maximum absolute atomic E-state index is 6.44. The summed E-state index contributed by atoms with van der Waals surface area (Å²) in [6.07, 6.45) is 6.93. The number of rotatable bonds is 3. The van der Waals surface area contributed by atoms with Crippen molar-refractivity contribution in [3.63, 3.8) is 0 Å². The second-order valence-electron chi connectivity index (χ2n) is 5.95. The molecule has 3 rings (SSSR count). The molecular weight excluding hydrogens is 242 g/mol. The molecule has 2 fully saturated rings. The molecule has 2 unspecified atom stereocenters. The van der Waals surface area contributed by atoms with Crippen molar-refractivity contribution < 1.29 is 9.47 Å². The van der Waals surface area contributed by atoms with E-state index in [1.807, 2.05) is 12.5 Å². The standard InChI is InChI=1S/C14H23N3O2/c1-14(3-6-18-7-4-14)17-10-16-8-12(17)13(15)11-2-5-19-9-11/h8,10-11,13H,2-7,9,15H2,1H3. The minimum absolute atomic E-state index is 0.0182. The smallest absolute Gasteiger partial charge is 0.0953 e. The fraction of sp³-hybridized carbons (Fsp3) is 0.786. The van der Waals surface area contributed by atoms with Crippen molar-refractivity contribution in [1.29, 1.82) is 0 Å². The molecule has 0 bridgehead atoms. The Kier molecular flexibility index (Phi) is 3.60. The van der Waals surface area contributed by atoms with Gasteiger partial charge in [-0.15, -0.1) is 0 Å². The monoisotopic (exact) mass is 265 g/mol. The molecule has 0 amide bonds. The first-order valence-corrected chi connectivity index (χ1v) is 7.14. The van der Waals surface area contributed by atoms with Crippen molar-refractivity contribution in [3.05, 3.63) is 18.2 Å². The molecular formula is C14H23N3O2. The number of hydrogen-bond acceptors (Lipinski definition) is 4. The van der Waals surface area contributed by atoms with E-state index < -0.39 is 0 Å². The van der Waals surface area contributed by atoms with E-state index in [-0.39, 0.29) is 11.6 Å². The van der Waals surface area contributed by atoms with Gasteiger partial charge in [0, 0.05) is 37.5 Å². The summed E-state index contributed by atoms with van der Waals surface area (Å²) in [6.45, 7) is 5.51. The highest BCUT2D eigenvalue weighted by atomic mass is 16.5. The molecule has 3 heterocycles. The van der Waals surface area contributed by atoms with Crippen molar-refractivity contribution >= 4 is 0 Å². The van der Waals surface area contributed by atoms with Crippen molar-refractivity contribution in [1.82, 2.24) is 9.55 Å². The Morgan fingerprint density at radius 2 is 2.16 bits per heavy atom. The fourth-order valence-corrected chi connectivity index (χ4v) is 3.13. The molecule has 1 aromatic heterocycles. The first-order valence-electron chi connectivity index (χ1n) is 7.14. The summed E-state index contributed by atoms with van der Waals surface area (Å²) in [4.78, 5) is 4.34. The van der Waals surface area contributed by atoms with Gasteiger partial charge < -0.3 is 19.8 Å². The number of nitrogens with zero attached hydrogens (tertiary/aromatic N) is 2. The molecule has 19 heavy (non-hydrogen) atoms. The predicted octanol–water partition coefficient (Wildman–Crippen LogP) is 1.45. The van der Waals surface area contributed by atoms with Gasteiger partial charge in [-0.3, -0.25) is 0 Å². The van der Waals surface area contributed by atoms with E-state index >= 15 is 0 Å². The van der Waals surface area contributed by atoms with Crippen LogP contribution in [-0.2, 0) is 15.0 Å². The summed E-state index contributed by atoms with van der Waals surface area (Å²) >= 11 is 0. The van der Waals surface area contributed by atoms with Gasteiger partial charge in [-0.25, -0.2) is 4.98 Å². The maximum Gasteiger partial charge on any atom is 0.0953 e. The molecule has 106 valence electrons. The summed E-state index contributed by atoms with van der Waals surface area (Å²) in [5.74, 6) is 0.416. The Morgan fingerprint density at radius 1 is 1.37 bits per heavy atom. The van der Waals surface area contributed by atoms with Gasteiger partial charge in [0.1, 0.15) is 0 Å². The van der Waals surface area contributed by atoms with Gasteiger partial charge in [-0.05, 0) is 26.2 Å². The lowest BCUT2D eigenvalue weighted by atomic mass is 9.90. The first kappa shape index (κ1) is 13.1. The predicted molar refractivity (Wildman–Crippen MR) is 71.8 cm³/mol. The number of imidazole rings is 1. The van der Waals surface area contributed by atoms with Crippen LogP contribution < -0.4 is 5.73 Å². The number of ether oxygens (including phenoxy) is 2. The fourth-order valence-electron chi connectivity index (χ4n) is 3.13. The molecule has 2 aliphatic heterocycles. The topological polar surface area (TPSA) is 62.3 Å². The minimum Gasteiger partial charge on any atom is -0.381 e. The lowest BCUT2D eigenvalue weighted by Gasteiger charge is -2.37. The largest absolute Gasteiger partial charge is 0.381 e.